The van der Waals surface area contributed by atoms with Crippen molar-refractivity contribution in [2.75, 3.05) is 18.4 Å². The van der Waals surface area contributed by atoms with Crippen LogP contribution in [0.3, 0.4) is 0 Å². The quantitative estimate of drug-likeness (QED) is 0.921. The second-order valence-corrected chi connectivity index (χ2v) is 5.22. The molecule has 21 heavy (non-hydrogen) atoms. The summed E-state index contributed by atoms with van der Waals surface area (Å²) in [6, 6.07) is 9.44. The first-order chi connectivity index (χ1) is 10.2. The lowest BCUT2D eigenvalue weighted by atomic mass is 9.97. The van der Waals surface area contributed by atoms with Gasteiger partial charge < -0.3 is 14.6 Å². The molecule has 1 aromatic carbocycles. The SMILES string of the molecule is Cc1nnc(C2CCN(C(=O)Nc3ccccc3)CC2)o1. The van der Waals surface area contributed by atoms with E-state index in [1.165, 1.54) is 0 Å². The van der Waals surface area contributed by atoms with Crippen molar-refractivity contribution in [1.82, 2.24) is 15.1 Å². The molecule has 1 aliphatic rings. The number of hydrogen-bond donors (Lipinski definition) is 1. The van der Waals surface area contributed by atoms with Crippen molar-refractivity contribution in [2.24, 2.45) is 0 Å². The summed E-state index contributed by atoms with van der Waals surface area (Å²) in [6.07, 6.45) is 1.70. The first kappa shape index (κ1) is 13.6. The first-order valence-corrected chi connectivity index (χ1v) is 7.13. The minimum atomic E-state index is -0.0543. The van der Waals surface area contributed by atoms with Crippen LogP contribution in [0.5, 0.6) is 0 Å². The van der Waals surface area contributed by atoms with Crippen molar-refractivity contribution in [3.63, 3.8) is 0 Å². The maximum atomic E-state index is 12.2. The van der Waals surface area contributed by atoms with E-state index < -0.39 is 0 Å². The lowest BCUT2D eigenvalue weighted by molar-refractivity contribution is 0.189. The molecular formula is C15H18N4O2. The van der Waals surface area contributed by atoms with Gasteiger partial charge in [-0.3, -0.25) is 0 Å². The highest BCUT2D eigenvalue weighted by atomic mass is 16.4. The van der Waals surface area contributed by atoms with Crippen molar-refractivity contribution in [2.45, 2.75) is 25.7 Å². The van der Waals surface area contributed by atoms with E-state index in [0.29, 0.717) is 24.9 Å². The van der Waals surface area contributed by atoms with Crippen LogP contribution < -0.4 is 5.32 Å². The highest BCUT2D eigenvalue weighted by Crippen LogP contribution is 2.27. The van der Waals surface area contributed by atoms with Gasteiger partial charge in [0.2, 0.25) is 11.8 Å². The molecule has 3 rings (SSSR count). The summed E-state index contributed by atoms with van der Waals surface area (Å²) in [5.74, 6) is 1.54. The molecule has 1 N–H and O–H groups in total. The van der Waals surface area contributed by atoms with Gasteiger partial charge in [-0.2, -0.15) is 0 Å². The second-order valence-electron chi connectivity index (χ2n) is 5.22. The van der Waals surface area contributed by atoms with E-state index in [4.69, 9.17) is 4.42 Å². The third-order valence-electron chi connectivity index (χ3n) is 3.70. The predicted molar refractivity (Wildman–Crippen MR) is 78.0 cm³/mol. The maximum absolute atomic E-state index is 12.2. The number of aryl methyl sites for hydroxylation is 1. The number of carbonyl (C=O) groups excluding carboxylic acids is 1. The van der Waals surface area contributed by atoms with Gasteiger partial charge in [-0.05, 0) is 25.0 Å². The number of carbonyl (C=O) groups is 1. The van der Waals surface area contributed by atoms with E-state index >= 15 is 0 Å². The topological polar surface area (TPSA) is 71.3 Å². The minimum Gasteiger partial charge on any atom is -0.425 e. The number of urea groups is 1. The van der Waals surface area contributed by atoms with E-state index in [2.05, 4.69) is 15.5 Å². The van der Waals surface area contributed by atoms with Crippen LogP contribution in [0, 0.1) is 6.92 Å². The molecule has 110 valence electrons. The Labute approximate surface area is 123 Å². The molecule has 6 nitrogen and oxygen atoms in total. The van der Waals surface area contributed by atoms with Gasteiger partial charge in [0, 0.05) is 31.6 Å². The number of piperidine rings is 1. The van der Waals surface area contributed by atoms with Gasteiger partial charge >= 0.3 is 6.03 Å². The third kappa shape index (κ3) is 3.21. The third-order valence-corrected chi connectivity index (χ3v) is 3.70. The molecule has 0 atom stereocenters. The molecule has 6 heteroatoms. The Bertz CT molecular complexity index is 603. The smallest absolute Gasteiger partial charge is 0.321 e. The van der Waals surface area contributed by atoms with Crippen LogP contribution >= 0.6 is 0 Å². The summed E-state index contributed by atoms with van der Waals surface area (Å²) >= 11 is 0. The van der Waals surface area contributed by atoms with E-state index in [9.17, 15) is 4.79 Å². The van der Waals surface area contributed by atoms with Crippen LogP contribution in [0.4, 0.5) is 10.5 Å². The molecule has 2 aromatic rings. The number of nitrogens with zero attached hydrogens (tertiary/aromatic N) is 3. The Morgan fingerprint density at radius 3 is 2.57 bits per heavy atom. The zero-order chi connectivity index (χ0) is 14.7. The van der Waals surface area contributed by atoms with E-state index in [1.54, 1.807) is 6.92 Å². The normalized spacial score (nSPS) is 16.0. The summed E-state index contributed by atoms with van der Waals surface area (Å²) < 4.78 is 5.47. The van der Waals surface area contributed by atoms with Crippen molar-refractivity contribution in [3.8, 4) is 0 Å². The molecule has 0 aliphatic carbocycles. The van der Waals surface area contributed by atoms with Crippen LogP contribution in [0.15, 0.2) is 34.7 Å². The summed E-state index contributed by atoms with van der Waals surface area (Å²) in [6.45, 7) is 3.19. The number of amides is 2. The highest BCUT2D eigenvalue weighted by molar-refractivity contribution is 5.89. The average molecular weight is 286 g/mol. The monoisotopic (exact) mass is 286 g/mol. The number of hydrogen-bond acceptors (Lipinski definition) is 4. The van der Waals surface area contributed by atoms with Gasteiger partial charge in [0.1, 0.15) is 0 Å². The van der Waals surface area contributed by atoms with Crippen LogP contribution in [0.2, 0.25) is 0 Å². The van der Waals surface area contributed by atoms with Gasteiger partial charge in [-0.25, -0.2) is 4.79 Å². The maximum Gasteiger partial charge on any atom is 0.321 e. The van der Waals surface area contributed by atoms with Crippen LogP contribution in [0.25, 0.3) is 0 Å². The van der Waals surface area contributed by atoms with Crippen LogP contribution in [-0.4, -0.2) is 34.2 Å². The van der Waals surface area contributed by atoms with Gasteiger partial charge in [0.05, 0.1) is 0 Å². The van der Waals surface area contributed by atoms with Gasteiger partial charge in [-0.15, -0.1) is 10.2 Å². The molecule has 0 bridgehead atoms. The molecule has 0 unspecified atom stereocenters. The Hall–Kier alpha value is -2.37. The highest BCUT2D eigenvalue weighted by Gasteiger charge is 2.27. The molecule has 0 saturated carbocycles. The number of benzene rings is 1. The fourth-order valence-electron chi connectivity index (χ4n) is 2.53. The molecule has 2 heterocycles. The molecule has 1 aromatic heterocycles. The Morgan fingerprint density at radius 2 is 1.95 bits per heavy atom. The molecule has 2 amide bonds. The Morgan fingerprint density at radius 1 is 1.24 bits per heavy atom. The summed E-state index contributed by atoms with van der Waals surface area (Å²) in [5.41, 5.74) is 0.817. The molecule has 1 fully saturated rings. The fourth-order valence-corrected chi connectivity index (χ4v) is 2.53. The molecule has 1 saturated heterocycles. The zero-order valence-corrected chi connectivity index (χ0v) is 12.0. The van der Waals surface area contributed by atoms with E-state index in [0.717, 1.165) is 18.5 Å². The number of nitrogens with one attached hydrogen (secondary N) is 1. The Balaban J connectivity index is 1.54. The lowest BCUT2D eigenvalue weighted by Gasteiger charge is -2.30. The number of aromatic nitrogens is 2. The predicted octanol–water partition coefficient (Wildman–Crippen LogP) is 2.79. The zero-order valence-electron chi connectivity index (χ0n) is 12.0. The first-order valence-electron chi connectivity index (χ1n) is 7.13. The fraction of sp³-hybridized carbons (Fsp3) is 0.400. The lowest BCUT2D eigenvalue weighted by Crippen LogP contribution is -2.40. The van der Waals surface area contributed by atoms with Crippen LogP contribution in [-0.2, 0) is 0 Å². The van der Waals surface area contributed by atoms with Gasteiger partial charge in [0.25, 0.3) is 0 Å². The van der Waals surface area contributed by atoms with Crippen molar-refractivity contribution < 1.29 is 9.21 Å². The molecule has 1 aliphatic heterocycles. The van der Waals surface area contributed by atoms with Crippen molar-refractivity contribution in [1.29, 1.82) is 0 Å². The van der Waals surface area contributed by atoms with Crippen LogP contribution in [0.1, 0.15) is 30.5 Å². The van der Waals surface area contributed by atoms with Gasteiger partial charge in [0.15, 0.2) is 0 Å². The van der Waals surface area contributed by atoms with E-state index in [-0.39, 0.29) is 11.9 Å². The largest absolute Gasteiger partial charge is 0.425 e. The molecule has 0 spiro atoms. The Kier molecular flexibility index (Phi) is 3.85. The number of rotatable bonds is 2. The standard InChI is InChI=1S/C15H18N4O2/c1-11-17-18-14(21-11)12-7-9-19(10-8-12)15(20)16-13-5-3-2-4-6-13/h2-6,12H,7-10H2,1H3,(H,16,20). The molecule has 0 radical (unpaired) electrons. The average Bonchev–Trinajstić information content (AvgIpc) is 2.95. The number of anilines is 1. The summed E-state index contributed by atoms with van der Waals surface area (Å²) in [5, 5.41) is 10.8. The van der Waals surface area contributed by atoms with Crippen molar-refractivity contribution in [3.05, 3.63) is 42.1 Å². The van der Waals surface area contributed by atoms with E-state index in [1.807, 2.05) is 35.2 Å². The summed E-state index contributed by atoms with van der Waals surface area (Å²) in [4.78, 5) is 14.0. The number of para-hydroxylation sites is 1. The minimum absolute atomic E-state index is 0.0543. The summed E-state index contributed by atoms with van der Waals surface area (Å²) in [7, 11) is 0. The molecular weight excluding hydrogens is 268 g/mol. The van der Waals surface area contributed by atoms with Crippen molar-refractivity contribution >= 4 is 11.7 Å². The van der Waals surface area contributed by atoms with Gasteiger partial charge in [-0.1, -0.05) is 18.2 Å². The second kappa shape index (κ2) is 5.95. The number of likely N-dealkylation sites (tertiary alicyclic amines) is 1.